The Kier molecular flexibility index (Phi) is 8.05. The SMILES string of the molecule is CC(C)c1ccc(Cc2ccccc2OCC(CO)(CO)CO)c(C(C)C)c1. The summed E-state index contributed by atoms with van der Waals surface area (Å²) in [5, 5.41) is 28.6. The normalized spacial score (nSPS) is 12.0. The summed E-state index contributed by atoms with van der Waals surface area (Å²) >= 11 is 0. The smallest absolute Gasteiger partial charge is 0.122 e. The summed E-state index contributed by atoms with van der Waals surface area (Å²) in [4.78, 5) is 0. The van der Waals surface area contributed by atoms with Crippen molar-refractivity contribution in [2.45, 2.75) is 46.0 Å². The molecule has 0 fully saturated rings. The summed E-state index contributed by atoms with van der Waals surface area (Å²) < 4.78 is 5.93. The highest BCUT2D eigenvalue weighted by Gasteiger charge is 2.29. The van der Waals surface area contributed by atoms with Crippen molar-refractivity contribution < 1.29 is 20.1 Å². The minimum atomic E-state index is -1.05. The first-order valence-corrected chi connectivity index (χ1v) is 10.0. The molecule has 0 heterocycles. The molecule has 0 saturated carbocycles. The highest BCUT2D eigenvalue weighted by atomic mass is 16.5. The van der Waals surface area contributed by atoms with Crippen molar-refractivity contribution in [2.24, 2.45) is 5.41 Å². The van der Waals surface area contributed by atoms with E-state index in [2.05, 4.69) is 45.9 Å². The number of para-hydroxylation sites is 1. The second-order valence-corrected chi connectivity index (χ2v) is 8.32. The predicted molar refractivity (Wildman–Crippen MR) is 113 cm³/mol. The number of benzene rings is 2. The number of ether oxygens (including phenoxy) is 1. The van der Waals surface area contributed by atoms with Gasteiger partial charge in [-0.2, -0.15) is 0 Å². The van der Waals surface area contributed by atoms with Crippen LogP contribution in [-0.2, 0) is 6.42 Å². The molecule has 0 aliphatic rings. The molecular formula is C24H34O4. The monoisotopic (exact) mass is 386 g/mol. The van der Waals surface area contributed by atoms with Crippen molar-refractivity contribution in [2.75, 3.05) is 26.4 Å². The molecule has 0 spiro atoms. The fourth-order valence-electron chi connectivity index (χ4n) is 3.18. The molecule has 0 saturated heterocycles. The van der Waals surface area contributed by atoms with Crippen molar-refractivity contribution in [3.05, 3.63) is 64.7 Å². The van der Waals surface area contributed by atoms with Gasteiger partial charge < -0.3 is 20.1 Å². The van der Waals surface area contributed by atoms with Crippen LogP contribution in [0.5, 0.6) is 5.75 Å². The highest BCUT2D eigenvalue weighted by molar-refractivity contribution is 5.42. The molecule has 0 aliphatic heterocycles. The average Bonchev–Trinajstić information content (AvgIpc) is 2.70. The third-order valence-corrected chi connectivity index (χ3v) is 5.35. The van der Waals surface area contributed by atoms with E-state index in [4.69, 9.17) is 4.74 Å². The van der Waals surface area contributed by atoms with E-state index in [-0.39, 0.29) is 26.4 Å². The number of hydrogen-bond donors (Lipinski definition) is 3. The van der Waals surface area contributed by atoms with E-state index < -0.39 is 5.41 Å². The van der Waals surface area contributed by atoms with Crippen molar-refractivity contribution >= 4 is 0 Å². The van der Waals surface area contributed by atoms with Crippen molar-refractivity contribution in [3.63, 3.8) is 0 Å². The van der Waals surface area contributed by atoms with Crippen LogP contribution < -0.4 is 4.74 Å². The molecular weight excluding hydrogens is 352 g/mol. The lowest BCUT2D eigenvalue weighted by Crippen LogP contribution is -2.39. The standard InChI is InChI=1S/C24H34O4/c1-17(2)19-9-10-20(22(12-19)18(3)4)11-21-7-5-6-8-23(21)28-16-24(13-25,14-26)15-27/h5-10,12,17-18,25-27H,11,13-16H2,1-4H3. The summed E-state index contributed by atoms with van der Waals surface area (Å²) in [6.07, 6.45) is 0.742. The summed E-state index contributed by atoms with van der Waals surface area (Å²) in [5.74, 6) is 1.63. The maximum Gasteiger partial charge on any atom is 0.122 e. The Morgan fingerprint density at radius 1 is 0.821 bits per heavy atom. The summed E-state index contributed by atoms with van der Waals surface area (Å²) in [7, 11) is 0. The Balaban J connectivity index is 2.28. The molecule has 0 bridgehead atoms. The highest BCUT2D eigenvalue weighted by Crippen LogP contribution is 2.30. The summed E-state index contributed by atoms with van der Waals surface area (Å²) in [6, 6.07) is 14.5. The topological polar surface area (TPSA) is 69.9 Å². The molecule has 2 aromatic carbocycles. The molecule has 0 aliphatic carbocycles. The Labute approximate surface area is 168 Å². The van der Waals surface area contributed by atoms with Gasteiger partial charge >= 0.3 is 0 Å². The molecule has 0 unspecified atom stereocenters. The van der Waals surface area contributed by atoms with Gasteiger partial charge in [-0.1, -0.05) is 64.1 Å². The Morgan fingerprint density at radius 2 is 1.46 bits per heavy atom. The minimum absolute atomic E-state index is 0.0524. The molecule has 0 aromatic heterocycles. The third-order valence-electron chi connectivity index (χ3n) is 5.35. The minimum Gasteiger partial charge on any atom is -0.492 e. The number of aliphatic hydroxyl groups is 3. The largest absolute Gasteiger partial charge is 0.492 e. The molecule has 4 heteroatoms. The average molecular weight is 387 g/mol. The summed E-state index contributed by atoms with van der Waals surface area (Å²) in [6.45, 7) is 7.88. The van der Waals surface area contributed by atoms with Gasteiger partial charge in [0.05, 0.1) is 25.2 Å². The zero-order valence-electron chi connectivity index (χ0n) is 17.5. The van der Waals surface area contributed by atoms with Crippen LogP contribution >= 0.6 is 0 Å². The van der Waals surface area contributed by atoms with E-state index in [1.54, 1.807) is 0 Å². The first-order chi connectivity index (χ1) is 13.4. The molecule has 28 heavy (non-hydrogen) atoms. The molecule has 0 atom stereocenters. The van der Waals surface area contributed by atoms with Crippen LogP contribution in [0.15, 0.2) is 42.5 Å². The van der Waals surface area contributed by atoms with E-state index >= 15 is 0 Å². The Morgan fingerprint density at radius 3 is 2.04 bits per heavy atom. The van der Waals surface area contributed by atoms with Gasteiger partial charge in [0.15, 0.2) is 0 Å². The van der Waals surface area contributed by atoms with Crippen molar-refractivity contribution in [3.8, 4) is 5.75 Å². The van der Waals surface area contributed by atoms with Crippen molar-refractivity contribution in [1.82, 2.24) is 0 Å². The lowest BCUT2D eigenvalue weighted by atomic mass is 9.89. The maximum absolute atomic E-state index is 9.53. The summed E-state index contributed by atoms with van der Waals surface area (Å²) in [5.41, 5.74) is 3.96. The van der Waals surface area contributed by atoms with E-state index in [0.29, 0.717) is 17.6 Å². The van der Waals surface area contributed by atoms with Gasteiger partial charge in [0.1, 0.15) is 12.4 Å². The Hall–Kier alpha value is -1.88. The zero-order chi connectivity index (χ0) is 20.7. The lowest BCUT2D eigenvalue weighted by molar-refractivity contribution is -0.0260. The molecule has 154 valence electrons. The van der Waals surface area contributed by atoms with Gasteiger partial charge in [-0.05, 0) is 40.2 Å². The fourth-order valence-corrected chi connectivity index (χ4v) is 3.18. The van der Waals surface area contributed by atoms with Crippen LogP contribution in [0.4, 0.5) is 0 Å². The van der Waals surface area contributed by atoms with Gasteiger partial charge in [-0.25, -0.2) is 0 Å². The number of aliphatic hydroxyl groups excluding tert-OH is 3. The second-order valence-electron chi connectivity index (χ2n) is 8.32. The maximum atomic E-state index is 9.53. The van der Waals surface area contributed by atoms with Crippen LogP contribution in [0.3, 0.4) is 0 Å². The molecule has 2 rings (SSSR count). The lowest BCUT2D eigenvalue weighted by Gasteiger charge is -2.27. The van der Waals surface area contributed by atoms with Crippen molar-refractivity contribution in [1.29, 1.82) is 0 Å². The second kappa shape index (κ2) is 10.1. The van der Waals surface area contributed by atoms with E-state index in [1.165, 1.54) is 16.7 Å². The van der Waals surface area contributed by atoms with Crippen LogP contribution in [0.2, 0.25) is 0 Å². The molecule has 3 N–H and O–H groups in total. The first-order valence-electron chi connectivity index (χ1n) is 10.0. The van der Waals surface area contributed by atoms with Gasteiger partial charge in [0.2, 0.25) is 0 Å². The van der Waals surface area contributed by atoms with Gasteiger partial charge in [0, 0.05) is 6.42 Å². The fraction of sp³-hybridized carbons (Fsp3) is 0.500. The van der Waals surface area contributed by atoms with Crippen LogP contribution in [0.1, 0.15) is 61.8 Å². The van der Waals surface area contributed by atoms with Gasteiger partial charge in [-0.3, -0.25) is 0 Å². The Bertz CT molecular complexity index is 740. The third kappa shape index (κ3) is 5.34. The molecule has 0 radical (unpaired) electrons. The predicted octanol–water partition coefficient (Wildman–Crippen LogP) is 3.87. The first kappa shape index (κ1) is 22.4. The van der Waals surface area contributed by atoms with Gasteiger partial charge in [0.25, 0.3) is 0 Å². The van der Waals surface area contributed by atoms with E-state index in [1.807, 2.05) is 24.3 Å². The van der Waals surface area contributed by atoms with Crippen LogP contribution in [0, 0.1) is 5.41 Å². The van der Waals surface area contributed by atoms with Crippen LogP contribution in [0.25, 0.3) is 0 Å². The quantitative estimate of drug-likeness (QED) is 0.580. The molecule has 2 aromatic rings. The van der Waals surface area contributed by atoms with E-state index in [9.17, 15) is 15.3 Å². The molecule has 4 nitrogen and oxygen atoms in total. The van der Waals surface area contributed by atoms with E-state index in [0.717, 1.165) is 12.0 Å². The molecule has 0 amide bonds. The number of rotatable bonds is 10. The van der Waals surface area contributed by atoms with Crippen LogP contribution in [-0.4, -0.2) is 41.7 Å². The van der Waals surface area contributed by atoms with Gasteiger partial charge in [-0.15, -0.1) is 0 Å². The number of hydrogen-bond acceptors (Lipinski definition) is 4. The zero-order valence-corrected chi connectivity index (χ0v) is 17.5.